The van der Waals surface area contributed by atoms with Crippen LogP contribution in [-0.4, -0.2) is 18.6 Å². The zero-order valence-corrected chi connectivity index (χ0v) is 7.96. The van der Waals surface area contributed by atoms with Gasteiger partial charge in [-0.1, -0.05) is 11.6 Å². The van der Waals surface area contributed by atoms with Crippen LogP contribution in [0.3, 0.4) is 0 Å². The molecule has 0 aromatic heterocycles. The lowest BCUT2D eigenvalue weighted by atomic mass is 10.3. The van der Waals surface area contributed by atoms with Gasteiger partial charge in [0.25, 0.3) is 0 Å². The van der Waals surface area contributed by atoms with Crippen LogP contribution in [0.15, 0.2) is 6.07 Å². The van der Waals surface area contributed by atoms with Crippen molar-refractivity contribution in [3.05, 3.63) is 11.1 Å². The van der Waals surface area contributed by atoms with E-state index >= 15 is 0 Å². The summed E-state index contributed by atoms with van der Waals surface area (Å²) in [4.78, 5) is 0. The Balaban J connectivity index is 2.76. The van der Waals surface area contributed by atoms with Crippen molar-refractivity contribution in [3.8, 4) is 23.0 Å². The van der Waals surface area contributed by atoms with Crippen LogP contribution in [-0.2, 0) is 10.4 Å². The highest BCUT2D eigenvalue weighted by Crippen LogP contribution is 2.50. The van der Waals surface area contributed by atoms with E-state index in [4.69, 9.17) is 16.7 Å². The number of hydrogen-bond acceptors (Lipinski definition) is 6. The van der Waals surface area contributed by atoms with Gasteiger partial charge in [-0.25, -0.2) is 0 Å². The molecule has 8 heteroatoms. The Bertz CT molecular complexity index is 501. The Hall–Kier alpha value is -1.34. The largest absolute Gasteiger partial charge is 0.506 e. The smallest absolute Gasteiger partial charge is 0.501 e. The molecule has 0 radical (unpaired) electrons. The number of phenols is 2. The second kappa shape index (κ2) is 2.58. The summed E-state index contributed by atoms with van der Waals surface area (Å²) in [5, 5.41) is 18.0. The zero-order valence-electron chi connectivity index (χ0n) is 6.39. The molecule has 1 aliphatic rings. The van der Waals surface area contributed by atoms with E-state index in [0.29, 0.717) is 0 Å². The summed E-state index contributed by atoms with van der Waals surface area (Å²) in [6, 6.07) is 0.876. The number of halogens is 1. The summed E-state index contributed by atoms with van der Waals surface area (Å²) < 4.78 is 30.2. The molecule has 0 atom stereocenters. The van der Waals surface area contributed by atoms with Gasteiger partial charge in [0.15, 0.2) is 5.75 Å². The van der Waals surface area contributed by atoms with Crippen molar-refractivity contribution in [1.29, 1.82) is 0 Å². The van der Waals surface area contributed by atoms with Crippen LogP contribution in [0, 0.1) is 0 Å². The molecule has 0 saturated carbocycles. The molecule has 2 rings (SSSR count). The van der Waals surface area contributed by atoms with Crippen molar-refractivity contribution in [2.75, 3.05) is 0 Å². The van der Waals surface area contributed by atoms with Crippen molar-refractivity contribution < 1.29 is 27.0 Å². The SMILES string of the molecule is O=S1(=O)Oc2cc(O)c(Cl)c(c2O)O1. The fourth-order valence-electron chi connectivity index (χ4n) is 0.957. The molecule has 0 saturated heterocycles. The standard InChI is InChI=1S/C6H3ClO6S/c7-4-2(8)1-3-5(9)6(4)13-14(10,11)12-3/h1,8-9H. The third kappa shape index (κ3) is 1.21. The highest BCUT2D eigenvalue weighted by atomic mass is 35.5. The van der Waals surface area contributed by atoms with Crippen molar-refractivity contribution in [2.45, 2.75) is 0 Å². The molecule has 1 aliphatic heterocycles. The Morgan fingerprint density at radius 3 is 2.57 bits per heavy atom. The molecule has 0 fully saturated rings. The summed E-state index contributed by atoms with van der Waals surface area (Å²) in [5.41, 5.74) is 0. The summed E-state index contributed by atoms with van der Waals surface area (Å²) in [7, 11) is -4.25. The van der Waals surface area contributed by atoms with Gasteiger partial charge in [-0.05, 0) is 0 Å². The van der Waals surface area contributed by atoms with Gasteiger partial charge in [0, 0.05) is 6.07 Å². The monoisotopic (exact) mass is 238 g/mol. The van der Waals surface area contributed by atoms with Crippen molar-refractivity contribution in [2.24, 2.45) is 0 Å². The van der Waals surface area contributed by atoms with Gasteiger partial charge in [-0.2, -0.15) is 0 Å². The van der Waals surface area contributed by atoms with Crippen LogP contribution in [0.5, 0.6) is 23.0 Å². The molecule has 2 bridgehead atoms. The minimum Gasteiger partial charge on any atom is -0.506 e. The summed E-state index contributed by atoms with van der Waals surface area (Å²) in [5.74, 6) is -1.96. The number of fused-ring (bicyclic) bond motifs is 2. The van der Waals surface area contributed by atoms with Crippen LogP contribution < -0.4 is 8.37 Å². The maximum Gasteiger partial charge on any atom is 0.501 e. The highest BCUT2D eigenvalue weighted by Gasteiger charge is 2.32. The quantitative estimate of drug-likeness (QED) is 0.649. The molecule has 1 aromatic rings. The molecule has 6 nitrogen and oxygen atoms in total. The Morgan fingerprint density at radius 1 is 1.29 bits per heavy atom. The van der Waals surface area contributed by atoms with Gasteiger partial charge >= 0.3 is 10.4 Å². The molecule has 0 spiro atoms. The molecule has 0 amide bonds. The van der Waals surface area contributed by atoms with Gasteiger partial charge in [0.2, 0.25) is 11.5 Å². The Kier molecular flexibility index (Phi) is 1.70. The minimum atomic E-state index is -4.25. The van der Waals surface area contributed by atoms with Crippen molar-refractivity contribution in [1.82, 2.24) is 0 Å². The van der Waals surface area contributed by atoms with E-state index in [-0.39, 0.29) is 0 Å². The molecule has 0 aliphatic carbocycles. The Morgan fingerprint density at radius 2 is 1.93 bits per heavy atom. The van der Waals surface area contributed by atoms with Crippen LogP contribution in [0.4, 0.5) is 0 Å². The van der Waals surface area contributed by atoms with E-state index in [1.165, 1.54) is 0 Å². The predicted molar refractivity (Wildman–Crippen MR) is 45.0 cm³/mol. The highest BCUT2D eigenvalue weighted by molar-refractivity contribution is 7.82. The first-order valence-electron chi connectivity index (χ1n) is 3.29. The van der Waals surface area contributed by atoms with Gasteiger partial charge < -0.3 is 18.6 Å². The van der Waals surface area contributed by atoms with Crippen molar-refractivity contribution in [3.63, 3.8) is 0 Å². The van der Waals surface area contributed by atoms with Crippen LogP contribution in [0.1, 0.15) is 0 Å². The van der Waals surface area contributed by atoms with Crippen LogP contribution >= 0.6 is 11.6 Å². The first-order valence-corrected chi connectivity index (χ1v) is 5.00. The van der Waals surface area contributed by atoms with Gasteiger partial charge in [0.1, 0.15) is 10.8 Å². The molecule has 1 heterocycles. The minimum absolute atomic E-state index is 0.391. The average molecular weight is 239 g/mol. The Labute approximate surface area is 83.6 Å². The lowest BCUT2D eigenvalue weighted by molar-refractivity contribution is 0.333. The van der Waals surface area contributed by atoms with Crippen LogP contribution in [0.25, 0.3) is 0 Å². The zero-order chi connectivity index (χ0) is 10.5. The summed E-state index contributed by atoms with van der Waals surface area (Å²) in [6.07, 6.45) is 0. The van der Waals surface area contributed by atoms with Gasteiger partial charge in [-0.3, -0.25) is 0 Å². The second-order valence-electron chi connectivity index (χ2n) is 2.46. The molecule has 0 unspecified atom stereocenters. The van der Waals surface area contributed by atoms with E-state index in [2.05, 4.69) is 8.37 Å². The predicted octanol–water partition coefficient (Wildman–Crippen LogP) is 0.767. The topological polar surface area (TPSA) is 93.1 Å². The van der Waals surface area contributed by atoms with Crippen LogP contribution in [0.2, 0.25) is 5.02 Å². The molecule has 14 heavy (non-hydrogen) atoms. The lowest BCUT2D eigenvalue weighted by Crippen LogP contribution is -2.20. The van der Waals surface area contributed by atoms with E-state index in [0.717, 1.165) is 6.07 Å². The third-order valence-electron chi connectivity index (χ3n) is 1.52. The summed E-state index contributed by atoms with van der Waals surface area (Å²) in [6.45, 7) is 0. The fourth-order valence-corrected chi connectivity index (χ4v) is 1.93. The second-order valence-corrected chi connectivity index (χ2v) is 3.99. The number of aromatic hydroxyl groups is 2. The maximum absolute atomic E-state index is 10.9. The maximum atomic E-state index is 10.9. The number of benzene rings is 1. The van der Waals surface area contributed by atoms with Gasteiger partial charge in [-0.15, -0.1) is 8.42 Å². The number of phenolic OH excluding ortho intramolecular Hbond substituents is 2. The molecular formula is C6H3ClO6S. The fraction of sp³-hybridized carbons (Fsp3) is 0. The molecule has 2 N–H and O–H groups in total. The van der Waals surface area contributed by atoms with Gasteiger partial charge in [0.05, 0.1) is 0 Å². The first-order chi connectivity index (χ1) is 6.41. The number of hydrogen-bond donors (Lipinski definition) is 2. The van der Waals surface area contributed by atoms with Crippen molar-refractivity contribution >= 4 is 22.0 Å². The molecule has 76 valence electrons. The molecule has 1 aromatic carbocycles. The first kappa shape index (κ1) is 9.22. The summed E-state index contributed by atoms with van der Waals surface area (Å²) >= 11 is 5.48. The normalized spacial score (nSPS) is 16.9. The van der Waals surface area contributed by atoms with E-state index in [1.54, 1.807) is 0 Å². The van der Waals surface area contributed by atoms with E-state index in [1.807, 2.05) is 0 Å². The molecular weight excluding hydrogens is 236 g/mol. The van der Waals surface area contributed by atoms with E-state index < -0.39 is 38.4 Å². The average Bonchev–Trinajstić information content (AvgIpc) is 2.06. The number of rotatable bonds is 0. The third-order valence-corrected chi connectivity index (χ3v) is 2.64. The van der Waals surface area contributed by atoms with E-state index in [9.17, 15) is 13.5 Å². The lowest BCUT2D eigenvalue weighted by Gasteiger charge is -2.18.